The van der Waals surface area contributed by atoms with Gasteiger partial charge in [0, 0.05) is 44.5 Å². The van der Waals surface area contributed by atoms with Gasteiger partial charge >= 0.3 is 0 Å². The van der Waals surface area contributed by atoms with Gasteiger partial charge < -0.3 is 4.90 Å². The van der Waals surface area contributed by atoms with Crippen LogP contribution in [0, 0.1) is 0 Å². The van der Waals surface area contributed by atoms with E-state index in [0.29, 0.717) is 12.3 Å². The van der Waals surface area contributed by atoms with Crippen LogP contribution in [0.2, 0.25) is 0 Å². The third-order valence-electron chi connectivity index (χ3n) is 2.59. The van der Waals surface area contributed by atoms with Crippen LogP contribution in [0.3, 0.4) is 0 Å². The Morgan fingerprint density at radius 2 is 1.93 bits per heavy atom. The molecule has 0 spiro atoms. The van der Waals surface area contributed by atoms with Crippen LogP contribution in [-0.4, -0.2) is 53.8 Å². The molecule has 1 saturated heterocycles. The lowest BCUT2D eigenvalue weighted by Gasteiger charge is -2.34. The molecule has 0 bridgehead atoms. The molecule has 0 aromatic heterocycles. The van der Waals surface area contributed by atoms with Gasteiger partial charge in [-0.05, 0) is 6.42 Å². The molecular weight excluding hydrogens is 244 g/mol. The largest absolute Gasteiger partial charge is 0.340 e. The highest BCUT2D eigenvalue weighted by Crippen LogP contribution is 2.05. The number of nitrogens with zero attached hydrogens (tertiary/aromatic N) is 2. The molecule has 0 radical (unpaired) electrons. The fourth-order valence-corrected chi connectivity index (χ4v) is 2.21. The second-order valence-electron chi connectivity index (χ2n) is 3.66. The summed E-state index contributed by atoms with van der Waals surface area (Å²) in [5.41, 5.74) is 0. The second-order valence-corrected chi connectivity index (χ2v) is 4.45. The van der Waals surface area contributed by atoms with Gasteiger partial charge in [-0.2, -0.15) is 0 Å². The minimum Gasteiger partial charge on any atom is -0.340 e. The summed E-state index contributed by atoms with van der Waals surface area (Å²) in [6, 6.07) is 0. The fourth-order valence-electron chi connectivity index (χ4n) is 1.71. The molecule has 1 rings (SSSR count). The van der Waals surface area contributed by atoms with Crippen LogP contribution in [0.5, 0.6) is 0 Å². The molecule has 1 fully saturated rings. The monoisotopic (exact) mass is 262 g/mol. The van der Waals surface area contributed by atoms with Crippen molar-refractivity contribution < 1.29 is 4.79 Å². The lowest BCUT2D eigenvalue weighted by molar-refractivity contribution is -0.132. The van der Waals surface area contributed by atoms with Gasteiger partial charge in [0.25, 0.3) is 0 Å². The van der Waals surface area contributed by atoms with E-state index in [9.17, 15) is 4.79 Å². The van der Waals surface area contributed by atoms with Crippen LogP contribution in [-0.2, 0) is 4.79 Å². The van der Waals surface area contributed by atoms with Gasteiger partial charge in [-0.3, -0.25) is 9.69 Å². The number of hydrogen-bond donors (Lipinski definition) is 0. The molecule has 4 heteroatoms. The quantitative estimate of drug-likeness (QED) is 0.714. The van der Waals surface area contributed by atoms with E-state index in [0.717, 1.165) is 44.5 Å². The van der Waals surface area contributed by atoms with E-state index in [1.807, 2.05) is 4.90 Å². The van der Waals surface area contributed by atoms with E-state index in [2.05, 4.69) is 27.8 Å². The topological polar surface area (TPSA) is 23.6 Å². The minimum absolute atomic E-state index is 0.325. The van der Waals surface area contributed by atoms with E-state index < -0.39 is 0 Å². The molecule has 0 aliphatic carbocycles. The fraction of sp³-hybridized carbons (Fsp3) is 0.900. The van der Waals surface area contributed by atoms with Crippen molar-refractivity contribution in [3.8, 4) is 0 Å². The normalized spacial score (nSPS) is 18.6. The first kappa shape index (κ1) is 12.0. The summed E-state index contributed by atoms with van der Waals surface area (Å²) in [6.45, 7) is 7.02. The molecule has 14 heavy (non-hydrogen) atoms. The number of carbonyl (C=O) groups is 1. The number of rotatable bonds is 4. The highest BCUT2D eigenvalue weighted by atomic mass is 79.9. The Kier molecular flexibility index (Phi) is 5.48. The number of halogens is 1. The zero-order valence-corrected chi connectivity index (χ0v) is 10.4. The molecule has 1 aliphatic heterocycles. The Hall–Kier alpha value is -0.0900. The van der Waals surface area contributed by atoms with E-state index in [1.165, 1.54) is 0 Å². The summed E-state index contributed by atoms with van der Waals surface area (Å²) in [5, 5.41) is 1.02. The first-order chi connectivity index (χ1) is 6.77. The van der Waals surface area contributed by atoms with Crippen LogP contribution < -0.4 is 0 Å². The molecule has 1 heterocycles. The lowest BCUT2D eigenvalue weighted by atomic mass is 10.2. The minimum atomic E-state index is 0.325. The summed E-state index contributed by atoms with van der Waals surface area (Å²) in [7, 11) is 0. The summed E-state index contributed by atoms with van der Waals surface area (Å²) in [6.07, 6.45) is 1.67. The molecule has 1 aliphatic rings. The summed E-state index contributed by atoms with van der Waals surface area (Å²) < 4.78 is 0. The third-order valence-corrected chi connectivity index (χ3v) is 2.94. The predicted octanol–water partition coefficient (Wildman–Crippen LogP) is 1.33. The van der Waals surface area contributed by atoms with E-state index in [4.69, 9.17) is 0 Å². The molecule has 0 saturated carbocycles. The van der Waals surface area contributed by atoms with Crippen molar-refractivity contribution in [2.75, 3.05) is 38.1 Å². The van der Waals surface area contributed by atoms with Crippen molar-refractivity contribution in [2.24, 2.45) is 0 Å². The third kappa shape index (κ3) is 3.58. The van der Waals surface area contributed by atoms with Crippen molar-refractivity contribution in [3.05, 3.63) is 0 Å². The molecular formula is C10H19BrN2O. The van der Waals surface area contributed by atoms with Crippen LogP contribution in [0.4, 0.5) is 0 Å². The Balaban J connectivity index is 2.24. The average Bonchev–Trinajstić information content (AvgIpc) is 2.20. The smallest absolute Gasteiger partial charge is 0.222 e. The van der Waals surface area contributed by atoms with Crippen molar-refractivity contribution in [3.63, 3.8) is 0 Å². The van der Waals surface area contributed by atoms with Crippen molar-refractivity contribution in [1.29, 1.82) is 0 Å². The second kappa shape index (κ2) is 6.40. The maximum atomic E-state index is 11.6. The number of amides is 1. The number of hydrogen-bond acceptors (Lipinski definition) is 2. The van der Waals surface area contributed by atoms with Gasteiger partial charge in [0.1, 0.15) is 0 Å². The molecule has 3 nitrogen and oxygen atoms in total. The van der Waals surface area contributed by atoms with Gasteiger partial charge in [0.2, 0.25) is 5.91 Å². The lowest BCUT2D eigenvalue weighted by Crippen LogP contribution is -2.49. The maximum Gasteiger partial charge on any atom is 0.222 e. The van der Waals surface area contributed by atoms with E-state index >= 15 is 0 Å². The molecule has 0 aromatic carbocycles. The number of carbonyl (C=O) groups excluding carboxylic acids is 1. The zero-order chi connectivity index (χ0) is 10.4. The van der Waals surface area contributed by atoms with Crippen molar-refractivity contribution >= 4 is 21.8 Å². The van der Waals surface area contributed by atoms with Gasteiger partial charge in [-0.15, -0.1) is 0 Å². The van der Waals surface area contributed by atoms with Crippen LogP contribution in [0.25, 0.3) is 0 Å². The molecule has 0 atom stereocenters. The highest BCUT2D eigenvalue weighted by Gasteiger charge is 2.19. The average molecular weight is 263 g/mol. The highest BCUT2D eigenvalue weighted by molar-refractivity contribution is 9.09. The molecule has 0 unspecified atom stereocenters. The van der Waals surface area contributed by atoms with Crippen LogP contribution in [0.1, 0.15) is 19.8 Å². The van der Waals surface area contributed by atoms with Gasteiger partial charge in [0.05, 0.1) is 0 Å². The van der Waals surface area contributed by atoms with Crippen molar-refractivity contribution in [2.45, 2.75) is 19.8 Å². The summed E-state index contributed by atoms with van der Waals surface area (Å²) in [5.74, 6) is 0.325. The van der Waals surface area contributed by atoms with Gasteiger partial charge in [-0.1, -0.05) is 22.9 Å². The summed E-state index contributed by atoms with van der Waals surface area (Å²) >= 11 is 3.43. The van der Waals surface area contributed by atoms with Gasteiger partial charge in [0.15, 0.2) is 0 Å². The standard InChI is InChI=1S/C10H19BrN2O/c1-2-3-10(14)13-8-6-12(5-4-11)7-9-13/h2-9H2,1H3. The zero-order valence-electron chi connectivity index (χ0n) is 8.84. The Morgan fingerprint density at radius 3 is 2.43 bits per heavy atom. The first-order valence-electron chi connectivity index (χ1n) is 5.34. The predicted molar refractivity (Wildman–Crippen MR) is 61.7 cm³/mol. The molecule has 82 valence electrons. The Labute approximate surface area is 94.6 Å². The number of piperazine rings is 1. The van der Waals surface area contributed by atoms with E-state index in [-0.39, 0.29) is 0 Å². The van der Waals surface area contributed by atoms with Gasteiger partial charge in [-0.25, -0.2) is 0 Å². The molecule has 0 aromatic rings. The SMILES string of the molecule is CCCC(=O)N1CCN(CCBr)CC1. The Bertz CT molecular complexity index is 179. The van der Waals surface area contributed by atoms with Crippen molar-refractivity contribution in [1.82, 2.24) is 9.80 Å². The van der Waals surface area contributed by atoms with E-state index in [1.54, 1.807) is 0 Å². The number of alkyl halides is 1. The van der Waals surface area contributed by atoms with Crippen LogP contribution in [0.15, 0.2) is 0 Å². The summed E-state index contributed by atoms with van der Waals surface area (Å²) in [4.78, 5) is 15.9. The van der Waals surface area contributed by atoms with Crippen LogP contribution >= 0.6 is 15.9 Å². The first-order valence-corrected chi connectivity index (χ1v) is 6.46. The molecule has 1 amide bonds. The Morgan fingerprint density at radius 1 is 1.29 bits per heavy atom. The molecule has 0 N–H and O–H groups in total. The maximum absolute atomic E-state index is 11.6.